The molecule has 3 N–H and O–H groups in total. The normalized spacial score (nSPS) is 26.2. The molecule has 1 aromatic carbocycles. The van der Waals surface area contributed by atoms with Crippen molar-refractivity contribution in [2.45, 2.75) is 19.3 Å². The number of carbonyl (C=O) groups excluding carboxylic acids is 1. The fraction of sp³-hybridized carbons (Fsp3) is 0.462. The Balaban J connectivity index is 1.90. The van der Waals surface area contributed by atoms with Gasteiger partial charge in [0.25, 0.3) is 5.91 Å². The van der Waals surface area contributed by atoms with Gasteiger partial charge in [-0.3, -0.25) is 10.0 Å². The highest BCUT2D eigenvalue weighted by Crippen LogP contribution is 2.41. The minimum absolute atomic E-state index is 0.372. The lowest BCUT2D eigenvalue weighted by atomic mass is 9.84. The number of nitrogens with one attached hydrogen (secondary N) is 2. The zero-order chi connectivity index (χ0) is 11.9. The molecule has 0 aromatic heterocycles. The number of amides is 1. The van der Waals surface area contributed by atoms with Crippen LogP contribution in [0, 0.1) is 5.41 Å². The van der Waals surface area contributed by atoms with E-state index in [1.165, 1.54) is 17.5 Å². The molecule has 1 fully saturated rings. The lowest BCUT2D eigenvalue weighted by molar-refractivity contribution is 0.0706. The molecule has 0 radical (unpaired) electrons. The summed E-state index contributed by atoms with van der Waals surface area (Å²) in [6.07, 6.45) is 3.36. The van der Waals surface area contributed by atoms with Crippen LogP contribution in [0.5, 0.6) is 0 Å². The zero-order valence-corrected chi connectivity index (χ0v) is 9.62. The van der Waals surface area contributed by atoms with E-state index < -0.39 is 5.91 Å². The summed E-state index contributed by atoms with van der Waals surface area (Å²) in [4.78, 5) is 11.4. The molecule has 0 bridgehead atoms. The molecule has 1 saturated heterocycles. The second kappa shape index (κ2) is 3.82. The fourth-order valence-corrected chi connectivity index (χ4v) is 3.14. The summed E-state index contributed by atoms with van der Waals surface area (Å²) < 4.78 is 0. The molecule has 1 spiro atoms. The van der Waals surface area contributed by atoms with Crippen LogP contribution in [0.15, 0.2) is 18.2 Å². The Morgan fingerprint density at radius 1 is 1.35 bits per heavy atom. The maximum absolute atomic E-state index is 11.4. The van der Waals surface area contributed by atoms with E-state index in [9.17, 15) is 4.79 Å². The molecule has 4 heteroatoms. The number of hydrogen-bond acceptors (Lipinski definition) is 3. The number of carbonyl (C=O) groups is 1. The number of fused-ring (bicyclic) bond motifs is 1. The topological polar surface area (TPSA) is 61.4 Å². The second-order valence-electron chi connectivity index (χ2n) is 5.20. The van der Waals surface area contributed by atoms with E-state index >= 15 is 0 Å². The summed E-state index contributed by atoms with van der Waals surface area (Å²) in [6, 6.07) is 5.72. The van der Waals surface area contributed by atoms with Crippen LogP contribution in [0.2, 0.25) is 0 Å². The molecule has 1 heterocycles. The van der Waals surface area contributed by atoms with Crippen molar-refractivity contribution < 1.29 is 10.0 Å². The molecule has 17 heavy (non-hydrogen) atoms. The van der Waals surface area contributed by atoms with E-state index in [0.717, 1.165) is 25.9 Å². The molecular weight excluding hydrogens is 216 g/mol. The van der Waals surface area contributed by atoms with Gasteiger partial charge in [-0.25, -0.2) is 5.48 Å². The smallest absolute Gasteiger partial charge is 0.274 e. The predicted molar refractivity (Wildman–Crippen MR) is 63.0 cm³/mol. The number of hydroxylamine groups is 1. The third-order valence-electron chi connectivity index (χ3n) is 4.03. The minimum Gasteiger partial charge on any atom is -0.316 e. The van der Waals surface area contributed by atoms with Gasteiger partial charge in [0.2, 0.25) is 0 Å². The van der Waals surface area contributed by atoms with Gasteiger partial charge in [0.05, 0.1) is 0 Å². The van der Waals surface area contributed by atoms with E-state index in [1.54, 1.807) is 11.5 Å². The van der Waals surface area contributed by atoms with Gasteiger partial charge in [0, 0.05) is 12.1 Å². The van der Waals surface area contributed by atoms with Gasteiger partial charge in [-0.2, -0.15) is 0 Å². The summed E-state index contributed by atoms with van der Waals surface area (Å²) in [5.41, 5.74) is 5.20. The quantitative estimate of drug-likeness (QED) is 0.497. The first-order valence-electron chi connectivity index (χ1n) is 5.99. The van der Waals surface area contributed by atoms with Crippen LogP contribution in [0.25, 0.3) is 0 Å². The molecule has 1 unspecified atom stereocenters. The van der Waals surface area contributed by atoms with Crippen molar-refractivity contribution in [2.75, 3.05) is 13.1 Å². The largest absolute Gasteiger partial charge is 0.316 e. The zero-order valence-electron chi connectivity index (χ0n) is 9.62. The predicted octanol–water partition coefficient (Wildman–Crippen LogP) is 0.884. The fourth-order valence-electron chi connectivity index (χ4n) is 3.14. The molecule has 2 aliphatic rings. The third kappa shape index (κ3) is 1.73. The van der Waals surface area contributed by atoms with E-state index in [1.807, 2.05) is 12.1 Å². The second-order valence-corrected chi connectivity index (χ2v) is 5.20. The molecule has 1 atom stereocenters. The van der Waals surface area contributed by atoms with Gasteiger partial charge in [-0.05, 0) is 54.5 Å². The number of hydrogen-bond donors (Lipinski definition) is 3. The molecule has 1 aliphatic heterocycles. The molecular formula is C13H16N2O2. The Hall–Kier alpha value is -1.39. The Kier molecular flexibility index (Phi) is 2.42. The van der Waals surface area contributed by atoms with Crippen LogP contribution >= 0.6 is 0 Å². The molecule has 0 saturated carbocycles. The first-order valence-corrected chi connectivity index (χ1v) is 5.99. The highest BCUT2D eigenvalue weighted by atomic mass is 16.5. The standard InChI is InChI=1S/C13H16N2O2/c16-12(15-17)9-1-2-10-6-13(3-4-14-8-13)7-11(10)5-9/h1-2,5,14,17H,3-4,6-8H2,(H,15,16). The van der Waals surface area contributed by atoms with Gasteiger partial charge in [-0.15, -0.1) is 0 Å². The Labute approximate surface area is 100.0 Å². The van der Waals surface area contributed by atoms with E-state index in [4.69, 9.17) is 5.21 Å². The van der Waals surface area contributed by atoms with Crippen LogP contribution in [0.3, 0.4) is 0 Å². The molecule has 4 nitrogen and oxygen atoms in total. The van der Waals surface area contributed by atoms with Crippen LogP contribution < -0.4 is 10.8 Å². The lowest BCUT2D eigenvalue weighted by Gasteiger charge is -2.20. The maximum Gasteiger partial charge on any atom is 0.274 e. The lowest BCUT2D eigenvalue weighted by Crippen LogP contribution is -2.24. The van der Waals surface area contributed by atoms with Gasteiger partial charge in [0.15, 0.2) is 0 Å². The van der Waals surface area contributed by atoms with E-state index in [2.05, 4.69) is 5.32 Å². The highest BCUT2D eigenvalue weighted by molar-refractivity contribution is 5.93. The summed E-state index contributed by atoms with van der Waals surface area (Å²) in [5, 5.41) is 12.1. The van der Waals surface area contributed by atoms with Crippen molar-refractivity contribution in [3.05, 3.63) is 34.9 Å². The molecule has 1 aromatic rings. The molecule has 1 aliphatic carbocycles. The van der Waals surface area contributed by atoms with Crippen molar-refractivity contribution in [3.63, 3.8) is 0 Å². The monoisotopic (exact) mass is 232 g/mol. The number of benzene rings is 1. The van der Waals surface area contributed by atoms with Crippen molar-refractivity contribution >= 4 is 5.91 Å². The minimum atomic E-state index is -0.432. The van der Waals surface area contributed by atoms with Crippen molar-refractivity contribution in [1.29, 1.82) is 0 Å². The average molecular weight is 232 g/mol. The first-order chi connectivity index (χ1) is 8.22. The summed E-state index contributed by atoms with van der Waals surface area (Å²) in [6.45, 7) is 2.17. The molecule has 3 rings (SSSR count). The SMILES string of the molecule is O=C(NO)c1ccc2c(c1)CC1(CCNC1)C2. The summed E-state index contributed by atoms with van der Waals surface area (Å²) >= 11 is 0. The third-order valence-corrected chi connectivity index (χ3v) is 4.03. The maximum atomic E-state index is 11.4. The van der Waals surface area contributed by atoms with Gasteiger partial charge >= 0.3 is 0 Å². The Morgan fingerprint density at radius 2 is 2.18 bits per heavy atom. The highest BCUT2D eigenvalue weighted by Gasteiger charge is 2.39. The number of rotatable bonds is 1. The van der Waals surface area contributed by atoms with E-state index in [-0.39, 0.29) is 0 Å². The van der Waals surface area contributed by atoms with Crippen molar-refractivity contribution in [3.8, 4) is 0 Å². The van der Waals surface area contributed by atoms with Crippen LogP contribution in [-0.4, -0.2) is 24.2 Å². The van der Waals surface area contributed by atoms with Gasteiger partial charge in [0.1, 0.15) is 0 Å². The summed E-state index contributed by atoms with van der Waals surface area (Å²) in [7, 11) is 0. The van der Waals surface area contributed by atoms with Gasteiger partial charge in [-0.1, -0.05) is 6.07 Å². The average Bonchev–Trinajstić information content (AvgIpc) is 2.94. The van der Waals surface area contributed by atoms with Crippen LogP contribution in [-0.2, 0) is 12.8 Å². The first kappa shape index (κ1) is 10.7. The van der Waals surface area contributed by atoms with Gasteiger partial charge < -0.3 is 5.32 Å². The van der Waals surface area contributed by atoms with Crippen molar-refractivity contribution in [1.82, 2.24) is 10.8 Å². The molecule has 90 valence electrons. The molecule has 1 amide bonds. The van der Waals surface area contributed by atoms with Crippen LogP contribution in [0.4, 0.5) is 0 Å². The van der Waals surface area contributed by atoms with Crippen molar-refractivity contribution in [2.24, 2.45) is 5.41 Å². The van der Waals surface area contributed by atoms with Crippen LogP contribution in [0.1, 0.15) is 27.9 Å². The summed E-state index contributed by atoms with van der Waals surface area (Å²) in [5.74, 6) is -0.432. The van der Waals surface area contributed by atoms with E-state index in [0.29, 0.717) is 11.0 Å². The Bertz CT molecular complexity index is 464. The Morgan fingerprint density at radius 3 is 2.88 bits per heavy atom.